The molecule has 2 atom stereocenters. The Morgan fingerprint density at radius 1 is 1.44 bits per heavy atom. The first kappa shape index (κ1) is 13.7. The predicted octanol–water partition coefficient (Wildman–Crippen LogP) is 4.26. The molecule has 1 aliphatic rings. The highest BCUT2D eigenvalue weighted by Crippen LogP contribution is 2.44. The molecule has 1 N–H and O–H groups in total. The number of hydrogen-bond donors (Lipinski definition) is 1. The summed E-state index contributed by atoms with van der Waals surface area (Å²) in [5, 5.41) is 4.34. The van der Waals surface area contributed by atoms with E-state index >= 15 is 0 Å². The average Bonchev–Trinajstić information content (AvgIpc) is 2.30. The number of halogens is 1. The summed E-state index contributed by atoms with van der Waals surface area (Å²) in [5.41, 5.74) is 2.37. The minimum Gasteiger partial charge on any atom is -0.380 e. The van der Waals surface area contributed by atoms with Crippen LogP contribution in [0.3, 0.4) is 0 Å². The standard InChI is InChI=1S/C15H22ClNO/c1-5-18-14-9-13(15(14,3)4)17-12-7-6-10(2)8-11(12)16/h6-8,13-14,17H,5,9H2,1-4H3. The van der Waals surface area contributed by atoms with Crippen LogP contribution in [0.4, 0.5) is 5.69 Å². The lowest BCUT2D eigenvalue weighted by molar-refractivity contribution is -0.0975. The van der Waals surface area contributed by atoms with Crippen LogP contribution < -0.4 is 5.32 Å². The lowest BCUT2D eigenvalue weighted by Gasteiger charge is -2.52. The lowest BCUT2D eigenvalue weighted by Crippen LogP contribution is -2.58. The molecule has 1 aliphatic carbocycles. The molecule has 2 rings (SSSR count). The van der Waals surface area contributed by atoms with Gasteiger partial charge in [-0.05, 0) is 38.0 Å². The van der Waals surface area contributed by atoms with Crippen molar-refractivity contribution in [2.75, 3.05) is 11.9 Å². The van der Waals surface area contributed by atoms with Crippen molar-refractivity contribution in [2.24, 2.45) is 5.41 Å². The van der Waals surface area contributed by atoms with E-state index in [1.165, 1.54) is 5.56 Å². The van der Waals surface area contributed by atoms with Gasteiger partial charge in [-0.25, -0.2) is 0 Å². The van der Waals surface area contributed by atoms with Crippen LogP contribution in [0, 0.1) is 12.3 Å². The van der Waals surface area contributed by atoms with E-state index in [9.17, 15) is 0 Å². The van der Waals surface area contributed by atoms with Gasteiger partial charge < -0.3 is 10.1 Å². The normalized spacial score (nSPS) is 25.6. The molecule has 3 heteroatoms. The van der Waals surface area contributed by atoms with E-state index < -0.39 is 0 Å². The van der Waals surface area contributed by atoms with Crippen molar-refractivity contribution in [3.05, 3.63) is 28.8 Å². The van der Waals surface area contributed by atoms with Crippen molar-refractivity contribution in [1.29, 1.82) is 0 Å². The van der Waals surface area contributed by atoms with E-state index in [1.807, 2.05) is 19.9 Å². The Morgan fingerprint density at radius 3 is 2.72 bits per heavy atom. The minimum atomic E-state index is 0.157. The summed E-state index contributed by atoms with van der Waals surface area (Å²) in [6, 6.07) is 6.56. The third kappa shape index (κ3) is 2.50. The van der Waals surface area contributed by atoms with E-state index in [0.717, 1.165) is 23.7 Å². The summed E-state index contributed by atoms with van der Waals surface area (Å²) in [6.45, 7) is 9.38. The number of ether oxygens (including phenoxy) is 1. The van der Waals surface area contributed by atoms with Gasteiger partial charge in [-0.1, -0.05) is 31.5 Å². The smallest absolute Gasteiger partial charge is 0.0665 e. The van der Waals surface area contributed by atoms with E-state index in [4.69, 9.17) is 16.3 Å². The first-order valence-electron chi connectivity index (χ1n) is 6.59. The van der Waals surface area contributed by atoms with Gasteiger partial charge >= 0.3 is 0 Å². The van der Waals surface area contributed by atoms with E-state index in [-0.39, 0.29) is 5.41 Å². The van der Waals surface area contributed by atoms with Crippen LogP contribution in [0.25, 0.3) is 0 Å². The second-order valence-corrected chi connectivity index (χ2v) is 6.09. The first-order chi connectivity index (χ1) is 8.45. The zero-order valence-electron chi connectivity index (χ0n) is 11.6. The largest absolute Gasteiger partial charge is 0.380 e. The third-order valence-corrected chi connectivity index (χ3v) is 4.31. The molecule has 18 heavy (non-hydrogen) atoms. The number of nitrogens with one attached hydrogen (secondary N) is 1. The highest BCUT2D eigenvalue weighted by molar-refractivity contribution is 6.33. The molecule has 1 aromatic carbocycles. The fourth-order valence-electron chi connectivity index (χ4n) is 2.54. The summed E-state index contributed by atoms with van der Waals surface area (Å²) in [7, 11) is 0. The average molecular weight is 268 g/mol. The summed E-state index contributed by atoms with van der Waals surface area (Å²) in [4.78, 5) is 0. The van der Waals surface area contributed by atoms with Gasteiger partial charge in [0.25, 0.3) is 0 Å². The molecular formula is C15H22ClNO. The molecule has 1 fully saturated rings. The van der Waals surface area contributed by atoms with Gasteiger partial charge in [-0.2, -0.15) is 0 Å². The summed E-state index contributed by atoms with van der Waals surface area (Å²) in [6.07, 6.45) is 1.40. The number of rotatable bonds is 4. The lowest BCUT2D eigenvalue weighted by atomic mass is 9.64. The second kappa shape index (κ2) is 5.10. The summed E-state index contributed by atoms with van der Waals surface area (Å²) in [5.74, 6) is 0. The van der Waals surface area contributed by atoms with Crippen molar-refractivity contribution in [1.82, 2.24) is 0 Å². The molecule has 0 amide bonds. The highest BCUT2D eigenvalue weighted by atomic mass is 35.5. The van der Waals surface area contributed by atoms with Gasteiger partial charge in [0.15, 0.2) is 0 Å². The van der Waals surface area contributed by atoms with Crippen LogP contribution in [0.5, 0.6) is 0 Å². The molecular weight excluding hydrogens is 246 g/mol. The second-order valence-electron chi connectivity index (χ2n) is 5.68. The topological polar surface area (TPSA) is 21.3 Å². The maximum absolute atomic E-state index is 6.25. The number of aryl methyl sites for hydroxylation is 1. The molecule has 0 saturated heterocycles. The Morgan fingerprint density at radius 2 is 2.17 bits per heavy atom. The van der Waals surface area contributed by atoms with Gasteiger partial charge in [-0.3, -0.25) is 0 Å². The predicted molar refractivity (Wildman–Crippen MR) is 77.4 cm³/mol. The fourth-order valence-corrected chi connectivity index (χ4v) is 2.83. The molecule has 0 radical (unpaired) electrons. The van der Waals surface area contributed by atoms with Crippen molar-refractivity contribution < 1.29 is 4.74 Å². The van der Waals surface area contributed by atoms with E-state index in [2.05, 4.69) is 31.3 Å². The summed E-state index contributed by atoms with van der Waals surface area (Å²) >= 11 is 6.25. The Kier molecular flexibility index (Phi) is 3.88. The molecule has 0 heterocycles. The number of hydrogen-bond acceptors (Lipinski definition) is 2. The fraction of sp³-hybridized carbons (Fsp3) is 0.600. The molecule has 2 unspecified atom stereocenters. The highest BCUT2D eigenvalue weighted by Gasteiger charge is 2.48. The Balaban J connectivity index is 2.03. The van der Waals surface area contributed by atoms with Crippen LogP contribution >= 0.6 is 11.6 Å². The quantitative estimate of drug-likeness (QED) is 0.880. The Labute approximate surface area is 115 Å². The van der Waals surface area contributed by atoms with Crippen molar-refractivity contribution in [2.45, 2.75) is 46.3 Å². The number of benzene rings is 1. The van der Waals surface area contributed by atoms with Crippen molar-refractivity contribution in [3.8, 4) is 0 Å². The maximum Gasteiger partial charge on any atom is 0.0665 e. The van der Waals surface area contributed by atoms with Crippen LogP contribution in [0.1, 0.15) is 32.8 Å². The summed E-state index contributed by atoms with van der Waals surface area (Å²) < 4.78 is 5.74. The molecule has 0 aliphatic heterocycles. The minimum absolute atomic E-state index is 0.157. The monoisotopic (exact) mass is 267 g/mol. The van der Waals surface area contributed by atoms with E-state index in [1.54, 1.807) is 0 Å². The SMILES string of the molecule is CCOC1CC(Nc2ccc(C)cc2Cl)C1(C)C. The Hall–Kier alpha value is -0.730. The zero-order chi connectivity index (χ0) is 13.3. The van der Waals surface area contributed by atoms with Gasteiger partial charge in [-0.15, -0.1) is 0 Å². The molecule has 0 bridgehead atoms. The van der Waals surface area contributed by atoms with Crippen LogP contribution in [-0.2, 0) is 4.74 Å². The van der Waals surface area contributed by atoms with Crippen LogP contribution in [-0.4, -0.2) is 18.8 Å². The van der Waals surface area contributed by atoms with Crippen LogP contribution in [0.15, 0.2) is 18.2 Å². The van der Waals surface area contributed by atoms with Crippen molar-refractivity contribution in [3.63, 3.8) is 0 Å². The van der Waals surface area contributed by atoms with E-state index in [0.29, 0.717) is 12.1 Å². The van der Waals surface area contributed by atoms with Crippen LogP contribution in [0.2, 0.25) is 5.02 Å². The van der Waals surface area contributed by atoms with Crippen molar-refractivity contribution >= 4 is 17.3 Å². The molecule has 0 aromatic heterocycles. The first-order valence-corrected chi connectivity index (χ1v) is 6.97. The number of anilines is 1. The third-order valence-electron chi connectivity index (χ3n) is 4.00. The molecule has 2 nitrogen and oxygen atoms in total. The van der Waals surface area contributed by atoms with Gasteiger partial charge in [0.1, 0.15) is 0 Å². The van der Waals surface area contributed by atoms with Gasteiger partial charge in [0, 0.05) is 18.1 Å². The molecule has 1 aromatic rings. The molecule has 1 saturated carbocycles. The van der Waals surface area contributed by atoms with Gasteiger partial charge in [0.05, 0.1) is 16.8 Å². The Bertz CT molecular complexity index is 431. The maximum atomic E-state index is 6.25. The zero-order valence-corrected chi connectivity index (χ0v) is 12.3. The molecule has 0 spiro atoms. The van der Waals surface area contributed by atoms with Gasteiger partial charge in [0.2, 0.25) is 0 Å². The molecule has 100 valence electrons.